The molecule has 1 N–H and O–H groups in total. The first kappa shape index (κ1) is 72.1. The summed E-state index contributed by atoms with van der Waals surface area (Å²) in [5, 5.41) is 10.1. The molecule has 14 aliphatic carbocycles. The second-order valence-corrected chi connectivity index (χ2v) is 32.2. The van der Waals surface area contributed by atoms with Crippen LogP contribution in [0, 0.1) is 76.9 Å². The van der Waals surface area contributed by atoms with Crippen LogP contribution in [0.5, 0.6) is 0 Å². The summed E-state index contributed by atoms with van der Waals surface area (Å²) in [6.07, 6.45) is 17.6. The number of ether oxygens (including phenoxy) is 9. The Labute approximate surface area is 552 Å². The SMILES string of the molecule is C=C(C)C(=O)OC1(C(C)C)C2CC3CC(C2)CC1C3.C=C(C)C(=O)OC12CC3CC(CC(O)(C3)C1)C2.C=C(C)C(=O)OC1CCOC1=O.C=C(C)C(=O)OCC(=O)OC1C2CC3C1OS(=O)(=O)C3C2.C=C(C)C(=O)OCC(=O)OCC(=O)OC1(C)C2CC3CC(C2)CC1C3. The fourth-order valence-electron chi connectivity index (χ4n) is 19.2. The Bertz CT molecular complexity index is 3100. The predicted octanol–water partition coefficient (Wildman–Crippen LogP) is 9.13. The molecule has 16 rings (SSSR count). The minimum atomic E-state index is -3.53. The van der Waals surface area contributed by atoms with Gasteiger partial charge in [0.05, 0.1) is 17.5 Å². The molecule has 0 spiro atoms. The van der Waals surface area contributed by atoms with Crippen LogP contribution in [0.4, 0.5) is 0 Å². The summed E-state index contributed by atoms with van der Waals surface area (Å²) in [6, 6.07) is 0. The van der Waals surface area contributed by atoms with Crippen molar-refractivity contribution < 1.29 is 103 Å². The van der Waals surface area contributed by atoms with Crippen molar-refractivity contribution in [2.45, 2.75) is 223 Å². The van der Waals surface area contributed by atoms with Gasteiger partial charge in [-0.2, -0.15) is 8.42 Å². The lowest BCUT2D eigenvalue weighted by atomic mass is 9.47. The van der Waals surface area contributed by atoms with Gasteiger partial charge in [-0.25, -0.2) is 43.2 Å². The number of carbonyl (C=O) groups is 9. The third-order valence-corrected chi connectivity index (χ3v) is 24.3. The average molecular weight is 1340 g/mol. The smallest absolute Gasteiger partial charge is 0.347 e. The summed E-state index contributed by atoms with van der Waals surface area (Å²) in [5.74, 6) is 1.96. The lowest BCUT2D eigenvalue weighted by Crippen LogP contribution is -2.62. The van der Waals surface area contributed by atoms with E-state index in [0.29, 0.717) is 84.9 Å². The molecule has 8 atom stereocenters. The summed E-state index contributed by atoms with van der Waals surface area (Å²) in [7, 11) is -3.53. The molecule has 0 aromatic rings. The van der Waals surface area contributed by atoms with Gasteiger partial charge in [0.15, 0.2) is 19.8 Å². The van der Waals surface area contributed by atoms with Crippen LogP contribution in [0.1, 0.15) is 177 Å². The summed E-state index contributed by atoms with van der Waals surface area (Å²) >= 11 is 0. The first-order chi connectivity index (χ1) is 44.0. The fraction of sp³-hybridized carbons (Fsp3) is 0.732. The van der Waals surface area contributed by atoms with Gasteiger partial charge in [0, 0.05) is 52.5 Å². The second-order valence-electron chi connectivity index (χ2n) is 30.4. The minimum absolute atomic E-state index is 0.00284. The molecule has 22 nitrogen and oxygen atoms in total. The highest BCUT2D eigenvalue weighted by molar-refractivity contribution is 7.87. The second kappa shape index (κ2) is 28.5. The fourth-order valence-corrected chi connectivity index (χ4v) is 21.1. The van der Waals surface area contributed by atoms with Gasteiger partial charge in [0.2, 0.25) is 6.10 Å². The molecule has 8 unspecified atom stereocenters. The van der Waals surface area contributed by atoms with Crippen LogP contribution in [-0.2, 0) is 100 Å². The summed E-state index contributed by atoms with van der Waals surface area (Å²) in [6.45, 7) is 30.8. The summed E-state index contributed by atoms with van der Waals surface area (Å²) in [5.41, 5.74) is 0.0511. The van der Waals surface area contributed by atoms with Gasteiger partial charge in [0.25, 0.3) is 10.1 Å². The lowest BCUT2D eigenvalue weighted by molar-refractivity contribution is -0.221. The Balaban J connectivity index is 0.000000141. The molecule has 14 bridgehead atoms. The molecule has 94 heavy (non-hydrogen) atoms. The molecular weight excluding hydrogens is 1240 g/mol. The van der Waals surface area contributed by atoms with Crippen molar-refractivity contribution in [3.8, 4) is 0 Å². The monoisotopic (exact) mass is 1330 g/mol. The van der Waals surface area contributed by atoms with Crippen molar-refractivity contribution >= 4 is 63.8 Å². The van der Waals surface area contributed by atoms with Crippen molar-refractivity contribution in [2.75, 3.05) is 26.4 Å². The van der Waals surface area contributed by atoms with Gasteiger partial charge in [-0.05, 0) is 216 Å². The minimum Gasteiger partial charge on any atom is -0.463 e. The van der Waals surface area contributed by atoms with E-state index in [1.54, 1.807) is 13.8 Å². The quantitative estimate of drug-likeness (QED) is 0.0614. The molecule has 16 aliphatic rings. The molecule has 0 amide bonds. The van der Waals surface area contributed by atoms with Crippen LogP contribution < -0.4 is 0 Å². The van der Waals surface area contributed by atoms with Gasteiger partial charge in [-0.1, -0.05) is 46.7 Å². The van der Waals surface area contributed by atoms with Crippen LogP contribution in [0.3, 0.4) is 0 Å². The van der Waals surface area contributed by atoms with E-state index >= 15 is 0 Å². The number of cyclic esters (lactones) is 1. The van der Waals surface area contributed by atoms with Crippen LogP contribution in [0.25, 0.3) is 0 Å². The highest BCUT2D eigenvalue weighted by Crippen LogP contribution is 2.63. The van der Waals surface area contributed by atoms with Crippen molar-refractivity contribution in [2.24, 2.45) is 76.9 Å². The van der Waals surface area contributed by atoms with E-state index in [0.717, 1.165) is 75.0 Å². The largest absolute Gasteiger partial charge is 0.463 e. The first-order valence-electron chi connectivity index (χ1n) is 33.7. The van der Waals surface area contributed by atoms with Gasteiger partial charge < -0.3 is 47.7 Å². The number of hydrogen-bond donors (Lipinski definition) is 1. The van der Waals surface area contributed by atoms with Crippen molar-refractivity contribution in [3.05, 3.63) is 60.8 Å². The van der Waals surface area contributed by atoms with Crippen LogP contribution in [-0.4, -0.2) is 140 Å². The predicted molar refractivity (Wildman–Crippen MR) is 337 cm³/mol. The van der Waals surface area contributed by atoms with Crippen molar-refractivity contribution in [3.63, 3.8) is 0 Å². The van der Waals surface area contributed by atoms with E-state index in [1.807, 2.05) is 6.92 Å². The maximum Gasteiger partial charge on any atom is 0.347 e. The molecule has 520 valence electrons. The Morgan fingerprint density at radius 2 is 1.00 bits per heavy atom. The highest BCUT2D eigenvalue weighted by atomic mass is 32.2. The zero-order valence-corrected chi connectivity index (χ0v) is 56.9. The number of fused-ring (bicyclic) bond motifs is 1. The van der Waals surface area contributed by atoms with E-state index < -0.39 is 112 Å². The van der Waals surface area contributed by atoms with Crippen LogP contribution >= 0.6 is 0 Å². The maximum absolute atomic E-state index is 12.2. The number of rotatable bonds is 17. The lowest BCUT2D eigenvalue weighted by Gasteiger charge is -2.61. The third kappa shape index (κ3) is 15.9. The highest BCUT2D eigenvalue weighted by Gasteiger charge is 2.66. The first-order valence-corrected chi connectivity index (χ1v) is 35.2. The molecule has 23 heteroatoms. The topological polar surface area (TPSA) is 300 Å². The Kier molecular flexibility index (Phi) is 21.8. The van der Waals surface area contributed by atoms with Gasteiger partial charge in [-0.3, -0.25) is 4.18 Å². The average Bonchev–Trinajstić information content (AvgIpc) is 1.18. The number of carbonyl (C=O) groups excluding carboxylic acids is 9. The van der Waals surface area contributed by atoms with E-state index in [9.17, 15) is 56.7 Å². The number of hydrogen-bond acceptors (Lipinski definition) is 22. The molecule has 0 radical (unpaired) electrons. The molecule has 2 saturated heterocycles. The van der Waals surface area contributed by atoms with E-state index in [-0.39, 0.29) is 46.1 Å². The Morgan fingerprint density at radius 1 is 0.543 bits per heavy atom. The normalized spacial score (nSPS) is 38.0. The molecule has 0 aromatic heterocycles. The standard InChI is InChI=1S/C19H26O6.C17H26O2.C14H20O3.C13H16O7S.C8H10O4/c1-11(2)18(22)24-9-16(20)23-10-17(21)25-19(3)14-5-12-4-13(7-14)8-15(19)6-12;1-10(2)16(18)19-17(11(3)4)14-6-12-5-13(8-14)9-15(17)7-12;1-9(2)12(15)17-14-6-10-3-11(7-14)5-13(16,4-10)8-14;1-6(2)13(15)18-5-10(14)19-11-7-3-8-9(4-7)21(16,17)20-12(8)11;1-5(2)7(9)12-6-3-4-11-8(6)10/h12-15H,1,4-10H2,2-3H3;11-15H,1,5-9H2,2-4H3;10-11,16H,1,3-8H2,2H3;7-9,11-12H,1,3-5H2,2H3;6H,1,3-4H2,2H3. The summed E-state index contributed by atoms with van der Waals surface area (Å²) < 4.78 is 75.0. The molecule has 2 heterocycles. The van der Waals surface area contributed by atoms with Gasteiger partial charge >= 0.3 is 53.7 Å². The van der Waals surface area contributed by atoms with Gasteiger partial charge in [-0.15, -0.1) is 0 Å². The van der Waals surface area contributed by atoms with Crippen LogP contribution in [0.15, 0.2) is 60.8 Å². The Morgan fingerprint density at radius 3 is 1.46 bits per heavy atom. The molecular formula is C71H98O22S. The maximum atomic E-state index is 12.2. The third-order valence-electron chi connectivity index (χ3n) is 22.5. The van der Waals surface area contributed by atoms with Crippen LogP contribution in [0.2, 0.25) is 0 Å². The molecule has 2 aliphatic heterocycles. The zero-order valence-electron chi connectivity index (χ0n) is 56.0. The number of aliphatic hydroxyl groups is 1. The van der Waals surface area contributed by atoms with Crippen molar-refractivity contribution in [1.29, 1.82) is 0 Å². The van der Waals surface area contributed by atoms with E-state index in [4.69, 9.17) is 37.3 Å². The summed E-state index contributed by atoms with van der Waals surface area (Å²) in [4.78, 5) is 103. The van der Waals surface area contributed by atoms with Crippen molar-refractivity contribution in [1.82, 2.24) is 0 Å². The Hall–Kier alpha value is -6.20. The van der Waals surface area contributed by atoms with E-state index in [1.165, 1.54) is 65.7 Å². The molecule has 16 fully saturated rings. The zero-order chi connectivity index (χ0) is 68.7. The number of esters is 9. The van der Waals surface area contributed by atoms with E-state index in [2.05, 4.69) is 56.2 Å². The molecule has 0 aromatic carbocycles. The van der Waals surface area contributed by atoms with Gasteiger partial charge in [0.1, 0.15) is 29.0 Å². The molecule has 14 saturated carbocycles.